The number of hydrogen-bond acceptors (Lipinski definition) is 10. The highest BCUT2D eigenvalue weighted by Crippen LogP contribution is 2.38. The van der Waals surface area contributed by atoms with Gasteiger partial charge in [0.2, 0.25) is 10.0 Å². The molecule has 19 heteroatoms. The molecule has 3 atom stereocenters. The Hall–Kier alpha value is -4.52. The Bertz CT molecular complexity index is 2260. The molecule has 1 unspecified atom stereocenters. The maximum Gasteiger partial charge on any atom is 0.387 e. The molecule has 0 spiro atoms. The van der Waals surface area contributed by atoms with E-state index in [0.29, 0.717) is 23.7 Å². The van der Waals surface area contributed by atoms with Gasteiger partial charge in [-0.3, -0.25) is 4.90 Å². The van der Waals surface area contributed by atoms with E-state index in [1.807, 2.05) is 0 Å². The molecular formula is C40H39Cl2F4N3O9S. The summed E-state index contributed by atoms with van der Waals surface area (Å²) < 4.78 is 107. The molecule has 3 N–H and O–H groups in total. The molecule has 3 aliphatic heterocycles. The lowest BCUT2D eigenvalue weighted by molar-refractivity contribution is -0.377. The van der Waals surface area contributed by atoms with Crippen LogP contribution < -0.4 is 19.2 Å². The highest BCUT2D eigenvalue weighted by Gasteiger charge is 2.39. The Labute approximate surface area is 347 Å². The number of aromatic amines is 1. The van der Waals surface area contributed by atoms with E-state index in [0.717, 1.165) is 57.0 Å². The quantitative estimate of drug-likeness (QED) is 0.0907. The first kappa shape index (κ1) is 44.0. The summed E-state index contributed by atoms with van der Waals surface area (Å²) in [5.74, 6) is -4.41. The second kappa shape index (κ2) is 18.8. The van der Waals surface area contributed by atoms with Crippen molar-refractivity contribution in [3.8, 4) is 11.5 Å². The number of rotatable bonds is 16. The van der Waals surface area contributed by atoms with Crippen LogP contribution in [0.4, 0.5) is 17.6 Å². The van der Waals surface area contributed by atoms with Crippen molar-refractivity contribution in [2.45, 2.75) is 61.9 Å². The summed E-state index contributed by atoms with van der Waals surface area (Å²) in [5.41, 5.74) is 0.242. The number of nitrogens with one attached hydrogen (secondary N) is 2. The number of aromatic nitrogens is 1. The van der Waals surface area contributed by atoms with Crippen molar-refractivity contribution in [1.29, 1.82) is 0 Å². The van der Waals surface area contributed by atoms with Gasteiger partial charge >= 0.3 is 18.6 Å². The average molecular weight is 885 g/mol. The molecule has 0 radical (unpaired) electrons. The first-order chi connectivity index (χ1) is 27.7. The molecule has 8 rings (SSSR count). The normalized spacial score (nSPS) is 19.7. The zero-order chi connectivity index (χ0) is 41.1. The minimum atomic E-state index is -4.67. The second-order valence-corrected chi connectivity index (χ2v) is 17.0. The van der Waals surface area contributed by atoms with E-state index in [-0.39, 0.29) is 63.0 Å². The summed E-state index contributed by atoms with van der Waals surface area (Å²) in [5, 5.41) is 0.413. The van der Waals surface area contributed by atoms with Gasteiger partial charge in [0.05, 0.1) is 17.1 Å². The van der Waals surface area contributed by atoms with E-state index < -0.39 is 63.4 Å². The van der Waals surface area contributed by atoms with E-state index in [4.69, 9.17) is 37.4 Å². The number of benzene rings is 3. The van der Waals surface area contributed by atoms with Crippen LogP contribution in [0.5, 0.6) is 11.5 Å². The SMILES string of the molecule is O=C(O[C@@H](Cc1c(Cl)c[nH+]cc1Cl)c1ccc(OC(F)F)c(OCC2CC2)c1)c1cccc(S(=O)(=O)NC(C(=O)O[C@H]2CN3CCC2CC3)c2ccc(F)c(F)c2)c1.[OH-]. The number of H-pyrrole nitrogens is 1. The second-order valence-electron chi connectivity index (χ2n) is 14.4. The number of carbonyl (C=O) groups excluding carboxylic acids is 2. The lowest BCUT2D eigenvalue weighted by Gasteiger charge is -2.44. The number of halogens is 6. The van der Waals surface area contributed by atoms with Gasteiger partial charge in [-0.25, -0.2) is 31.8 Å². The molecule has 3 saturated heterocycles. The van der Waals surface area contributed by atoms with Crippen molar-refractivity contribution >= 4 is 45.2 Å². The molecule has 0 amide bonds. The van der Waals surface area contributed by atoms with Gasteiger partial charge in [0.15, 0.2) is 35.5 Å². The first-order valence-electron chi connectivity index (χ1n) is 18.5. The third kappa shape index (κ3) is 10.8. The molecule has 4 heterocycles. The fourth-order valence-electron chi connectivity index (χ4n) is 7.02. The van der Waals surface area contributed by atoms with Crippen LogP contribution in [0.15, 0.2) is 78.0 Å². The molecule has 12 nitrogen and oxygen atoms in total. The lowest BCUT2D eigenvalue weighted by Crippen LogP contribution is -2.52. The number of esters is 2. The Kier molecular flexibility index (Phi) is 14.0. The summed E-state index contributed by atoms with van der Waals surface area (Å²) in [7, 11) is -4.67. The number of nitrogens with zero attached hydrogens (tertiary/aromatic N) is 1. The predicted octanol–water partition coefficient (Wildman–Crippen LogP) is 7.10. The van der Waals surface area contributed by atoms with E-state index in [2.05, 4.69) is 19.3 Å². The maximum absolute atomic E-state index is 14.4. The van der Waals surface area contributed by atoms with E-state index in [9.17, 15) is 35.6 Å². The average Bonchev–Trinajstić information content (AvgIpc) is 4.04. The highest BCUT2D eigenvalue weighted by atomic mass is 35.5. The molecule has 4 aliphatic rings. The van der Waals surface area contributed by atoms with Gasteiger partial charge in [0.25, 0.3) is 0 Å². The van der Waals surface area contributed by atoms with Crippen LogP contribution in [-0.2, 0) is 30.7 Å². The van der Waals surface area contributed by atoms with Crippen LogP contribution in [-0.4, -0.2) is 69.7 Å². The Morgan fingerprint density at radius 1 is 0.898 bits per heavy atom. The summed E-state index contributed by atoms with van der Waals surface area (Å²) in [4.78, 5) is 32.0. The topological polar surface area (TPSA) is 165 Å². The molecular weight excluding hydrogens is 845 g/mol. The summed E-state index contributed by atoms with van der Waals surface area (Å²) in [6, 6.07) is 9.64. The summed E-state index contributed by atoms with van der Waals surface area (Å²) in [6.07, 6.45) is 4.56. The Balaban J connectivity index is 0.00000585. The van der Waals surface area contributed by atoms with Crippen molar-refractivity contribution in [2.24, 2.45) is 11.8 Å². The number of piperidine rings is 3. The molecule has 2 bridgehead atoms. The summed E-state index contributed by atoms with van der Waals surface area (Å²) >= 11 is 12.9. The van der Waals surface area contributed by atoms with Crippen molar-refractivity contribution in [3.63, 3.8) is 0 Å². The number of fused-ring (bicyclic) bond motifs is 3. The van der Waals surface area contributed by atoms with Gasteiger partial charge in [-0.2, -0.15) is 13.5 Å². The molecule has 1 aliphatic carbocycles. The van der Waals surface area contributed by atoms with E-state index >= 15 is 0 Å². The smallest absolute Gasteiger partial charge is 0.387 e. The largest absolute Gasteiger partial charge is 0.870 e. The van der Waals surface area contributed by atoms with E-state index in [1.54, 1.807) is 0 Å². The number of alkyl halides is 2. The van der Waals surface area contributed by atoms with Crippen molar-refractivity contribution in [3.05, 3.63) is 117 Å². The lowest BCUT2D eigenvalue weighted by atomic mass is 9.86. The van der Waals surface area contributed by atoms with Gasteiger partial charge < -0.3 is 24.4 Å². The molecule has 316 valence electrons. The van der Waals surface area contributed by atoms with Crippen LogP contribution in [0.1, 0.15) is 64.9 Å². The number of hydrogen-bond donors (Lipinski definition) is 1. The zero-order valence-corrected chi connectivity index (χ0v) is 33.4. The predicted molar refractivity (Wildman–Crippen MR) is 203 cm³/mol. The standard InChI is InChI=1S/C40H37Cl2F4N3O8S.H2O/c41-29-18-47-19-30(42)28(29)17-34(24-7-9-33(57-40(45)46)35(16-24)54-21-22-4-5-22)55-38(50)26-2-1-3-27(14-26)58(52,53)48-37(25-6-8-31(43)32(44)15-25)39(51)56-36-20-49-12-10-23(36)11-13-49;/h1-3,6-9,14-16,18-19,22-23,34,36-37,40,48H,4-5,10-13,17,20-21H2;1H2/t34-,36-,37?;/m0./s1. The fourth-order valence-corrected chi connectivity index (χ4v) is 8.77. The number of sulfonamides is 1. The molecule has 4 fully saturated rings. The fraction of sp³-hybridized carbons (Fsp3) is 0.375. The molecule has 59 heavy (non-hydrogen) atoms. The van der Waals surface area contributed by atoms with Gasteiger partial charge in [-0.05, 0) is 104 Å². The molecule has 1 saturated carbocycles. The third-order valence-corrected chi connectivity index (χ3v) is 12.5. The minimum Gasteiger partial charge on any atom is -0.870 e. The minimum absolute atomic E-state index is 0. The number of carbonyl (C=O) groups is 2. The zero-order valence-electron chi connectivity index (χ0n) is 31.1. The van der Waals surface area contributed by atoms with Crippen molar-refractivity contribution < 1.29 is 65.0 Å². The molecule has 1 aromatic heterocycles. The van der Waals surface area contributed by atoms with Crippen LogP contribution >= 0.6 is 23.2 Å². The van der Waals surface area contributed by atoms with Gasteiger partial charge in [-0.15, -0.1) is 0 Å². The monoisotopic (exact) mass is 883 g/mol. The maximum atomic E-state index is 14.4. The van der Waals surface area contributed by atoms with Gasteiger partial charge in [0.1, 0.15) is 28.3 Å². The molecule has 3 aromatic carbocycles. The highest BCUT2D eigenvalue weighted by molar-refractivity contribution is 7.89. The van der Waals surface area contributed by atoms with Crippen LogP contribution in [0.25, 0.3) is 0 Å². The Morgan fingerprint density at radius 3 is 2.25 bits per heavy atom. The first-order valence-corrected chi connectivity index (χ1v) is 20.7. The summed E-state index contributed by atoms with van der Waals surface area (Å²) in [6.45, 7) is -0.724. The van der Waals surface area contributed by atoms with Crippen LogP contribution in [0, 0.1) is 23.5 Å². The molecule has 4 aromatic rings. The van der Waals surface area contributed by atoms with Crippen LogP contribution in [0.3, 0.4) is 0 Å². The third-order valence-electron chi connectivity index (χ3n) is 10.4. The van der Waals surface area contributed by atoms with Crippen molar-refractivity contribution in [1.82, 2.24) is 9.62 Å². The van der Waals surface area contributed by atoms with Gasteiger partial charge in [-0.1, -0.05) is 41.4 Å². The van der Waals surface area contributed by atoms with Crippen molar-refractivity contribution in [2.75, 3.05) is 26.2 Å². The number of pyridine rings is 1. The van der Waals surface area contributed by atoms with Crippen LogP contribution in [0.2, 0.25) is 10.0 Å². The van der Waals surface area contributed by atoms with E-state index in [1.165, 1.54) is 48.8 Å². The Morgan fingerprint density at radius 2 is 1.61 bits per heavy atom. The number of ether oxygens (including phenoxy) is 4. The van der Waals surface area contributed by atoms with Gasteiger partial charge in [0, 0.05) is 18.5 Å².